The molecule has 0 aliphatic rings. The Labute approximate surface area is 98.9 Å². The van der Waals surface area contributed by atoms with E-state index in [0.29, 0.717) is 0 Å². The molecule has 1 aromatic carbocycles. The molecule has 0 aliphatic heterocycles. The van der Waals surface area contributed by atoms with E-state index in [1.165, 1.54) is 7.11 Å². The van der Waals surface area contributed by atoms with Crippen molar-refractivity contribution in [2.45, 2.75) is 16.8 Å². The van der Waals surface area contributed by atoms with Crippen LogP contribution in [0.5, 0.6) is 0 Å². The third-order valence-corrected chi connectivity index (χ3v) is 2.51. The van der Waals surface area contributed by atoms with Crippen molar-refractivity contribution in [1.82, 2.24) is 0 Å². The summed E-state index contributed by atoms with van der Waals surface area (Å²) < 4.78 is 3.70. The first-order chi connectivity index (χ1) is 6.45. The molecule has 78 valence electrons. The standard InChI is InChI=1S/C10H11Cl3O/c1-7-3-5-8(6-4-7)9(14-2)10(11,12)13/h3-6,9H,1-2H3. The van der Waals surface area contributed by atoms with E-state index in [9.17, 15) is 0 Å². The van der Waals surface area contributed by atoms with Crippen molar-refractivity contribution in [2.24, 2.45) is 0 Å². The van der Waals surface area contributed by atoms with Crippen molar-refractivity contribution in [3.05, 3.63) is 35.4 Å². The highest BCUT2D eigenvalue weighted by Gasteiger charge is 2.33. The fourth-order valence-electron chi connectivity index (χ4n) is 1.20. The lowest BCUT2D eigenvalue weighted by Gasteiger charge is -2.23. The molecule has 0 spiro atoms. The van der Waals surface area contributed by atoms with E-state index < -0.39 is 9.90 Å². The monoisotopic (exact) mass is 252 g/mol. The van der Waals surface area contributed by atoms with Gasteiger partial charge < -0.3 is 4.74 Å². The third kappa shape index (κ3) is 3.03. The van der Waals surface area contributed by atoms with Crippen LogP contribution in [-0.4, -0.2) is 10.9 Å². The summed E-state index contributed by atoms with van der Waals surface area (Å²) >= 11 is 17.3. The summed E-state index contributed by atoms with van der Waals surface area (Å²) in [7, 11) is 1.52. The number of halogens is 3. The molecule has 1 rings (SSSR count). The van der Waals surface area contributed by atoms with Crippen LogP contribution in [0.4, 0.5) is 0 Å². The minimum Gasteiger partial charge on any atom is -0.372 e. The normalized spacial score (nSPS) is 14.1. The smallest absolute Gasteiger partial charge is 0.220 e. The van der Waals surface area contributed by atoms with Crippen molar-refractivity contribution < 1.29 is 4.74 Å². The molecule has 1 unspecified atom stereocenters. The van der Waals surface area contributed by atoms with Crippen LogP contribution in [0.3, 0.4) is 0 Å². The first-order valence-electron chi connectivity index (χ1n) is 4.11. The highest BCUT2D eigenvalue weighted by molar-refractivity contribution is 6.68. The van der Waals surface area contributed by atoms with Crippen molar-refractivity contribution in [3.8, 4) is 0 Å². The van der Waals surface area contributed by atoms with E-state index in [2.05, 4.69) is 0 Å². The Morgan fingerprint density at radius 1 is 1.14 bits per heavy atom. The molecule has 0 saturated carbocycles. The van der Waals surface area contributed by atoms with Gasteiger partial charge in [0.15, 0.2) is 0 Å². The molecule has 14 heavy (non-hydrogen) atoms. The van der Waals surface area contributed by atoms with Gasteiger partial charge in [-0.2, -0.15) is 0 Å². The van der Waals surface area contributed by atoms with E-state index in [4.69, 9.17) is 39.5 Å². The summed E-state index contributed by atoms with van der Waals surface area (Å²) in [5.74, 6) is 0. The van der Waals surface area contributed by atoms with Crippen molar-refractivity contribution >= 4 is 34.8 Å². The minimum atomic E-state index is -1.44. The quantitative estimate of drug-likeness (QED) is 0.723. The first-order valence-corrected chi connectivity index (χ1v) is 5.24. The SMILES string of the molecule is COC(c1ccc(C)cc1)C(Cl)(Cl)Cl. The Hall–Kier alpha value is 0.0500. The molecular weight excluding hydrogens is 242 g/mol. The lowest BCUT2D eigenvalue weighted by atomic mass is 10.1. The maximum atomic E-state index is 5.78. The van der Waals surface area contributed by atoms with E-state index in [-0.39, 0.29) is 0 Å². The second-order valence-electron chi connectivity index (χ2n) is 3.07. The lowest BCUT2D eigenvalue weighted by Crippen LogP contribution is -2.18. The fraction of sp³-hybridized carbons (Fsp3) is 0.400. The number of methoxy groups -OCH3 is 1. The average Bonchev–Trinajstić information content (AvgIpc) is 2.07. The first kappa shape index (κ1) is 12.1. The summed E-state index contributed by atoms with van der Waals surface area (Å²) in [6.45, 7) is 2.00. The van der Waals surface area contributed by atoms with Gasteiger partial charge in [-0.05, 0) is 12.5 Å². The topological polar surface area (TPSA) is 9.23 Å². The van der Waals surface area contributed by atoms with Crippen LogP contribution < -0.4 is 0 Å². The van der Waals surface area contributed by atoms with Crippen LogP contribution in [0, 0.1) is 6.92 Å². The number of rotatable bonds is 2. The van der Waals surface area contributed by atoms with Crippen LogP contribution in [0.15, 0.2) is 24.3 Å². The largest absolute Gasteiger partial charge is 0.372 e. The van der Waals surface area contributed by atoms with Gasteiger partial charge in [0, 0.05) is 7.11 Å². The molecule has 0 aliphatic carbocycles. The molecule has 0 fully saturated rings. The van der Waals surface area contributed by atoms with Gasteiger partial charge in [-0.3, -0.25) is 0 Å². The molecule has 0 radical (unpaired) electrons. The van der Waals surface area contributed by atoms with E-state index in [0.717, 1.165) is 11.1 Å². The minimum absolute atomic E-state index is 0.534. The van der Waals surface area contributed by atoms with Crippen LogP contribution in [-0.2, 0) is 4.74 Å². The lowest BCUT2D eigenvalue weighted by molar-refractivity contribution is 0.107. The number of benzene rings is 1. The van der Waals surface area contributed by atoms with Gasteiger partial charge in [0.1, 0.15) is 6.10 Å². The molecule has 0 saturated heterocycles. The zero-order valence-electron chi connectivity index (χ0n) is 7.93. The molecule has 0 amide bonds. The molecule has 0 aromatic heterocycles. The number of aryl methyl sites for hydroxylation is 1. The van der Waals surface area contributed by atoms with Gasteiger partial charge in [0.05, 0.1) is 0 Å². The van der Waals surface area contributed by atoms with E-state index in [1.54, 1.807) is 0 Å². The van der Waals surface area contributed by atoms with Crippen LogP contribution >= 0.6 is 34.8 Å². The summed E-state index contributed by atoms with van der Waals surface area (Å²) in [5.41, 5.74) is 2.02. The van der Waals surface area contributed by atoms with Gasteiger partial charge in [-0.25, -0.2) is 0 Å². The predicted molar refractivity (Wildman–Crippen MR) is 61.2 cm³/mol. The summed E-state index contributed by atoms with van der Waals surface area (Å²) in [5, 5.41) is 0. The zero-order chi connectivity index (χ0) is 10.8. The molecule has 1 aromatic rings. The Morgan fingerprint density at radius 3 is 2.00 bits per heavy atom. The molecule has 1 atom stereocenters. The van der Waals surface area contributed by atoms with Gasteiger partial charge in [-0.1, -0.05) is 64.6 Å². The summed E-state index contributed by atoms with van der Waals surface area (Å²) in [6.07, 6.45) is -0.534. The number of hydrogen-bond donors (Lipinski definition) is 0. The van der Waals surface area contributed by atoms with Gasteiger partial charge >= 0.3 is 0 Å². The molecule has 0 N–H and O–H groups in total. The predicted octanol–water partition coefficient (Wildman–Crippen LogP) is 4.05. The zero-order valence-corrected chi connectivity index (χ0v) is 10.2. The Balaban J connectivity index is 2.96. The van der Waals surface area contributed by atoms with Gasteiger partial charge in [0.2, 0.25) is 3.79 Å². The average molecular weight is 254 g/mol. The van der Waals surface area contributed by atoms with Crippen LogP contribution in [0.2, 0.25) is 0 Å². The number of alkyl halides is 3. The number of ether oxygens (including phenoxy) is 1. The molecule has 0 bridgehead atoms. The molecule has 4 heteroatoms. The van der Waals surface area contributed by atoms with Crippen LogP contribution in [0.1, 0.15) is 17.2 Å². The maximum Gasteiger partial charge on any atom is 0.220 e. The van der Waals surface area contributed by atoms with E-state index >= 15 is 0 Å². The van der Waals surface area contributed by atoms with Crippen molar-refractivity contribution in [2.75, 3.05) is 7.11 Å². The summed E-state index contributed by atoms with van der Waals surface area (Å²) in [6, 6.07) is 7.70. The second kappa shape index (κ2) is 4.71. The van der Waals surface area contributed by atoms with E-state index in [1.807, 2.05) is 31.2 Å². The Kier molecular flexibility index (Phi) is 4.08. The fourth-order valence-corrected chi connectivity index (χ4v) is 1.85. The highest BCUT2D eigenvalue weighted by atomic mass is 35.6. The maximum absolute atomic E-state index is 5.78. The molecule has 0 heterocycles. The highest BCUT2D eigenvalue weighted by Crippen LogP contribution is 2.41. The van der Waals surface area contributed by atoms with Gasteiger partial charge in [-0.15, -0.1) is 0 Å². The Bertz CT molecular complexity index is 289. The molecular formula is C10H11Cl3O. The third-order valence-electron chi connectivity index (χ3n) is 1.91. The second-order valence-corrected chi connectivity index (χ2v) is 5.44. The van der Waals surface area contributed by atoms with Crippen molar-refractivity contribution in [1.29, 1.82) is 0 Å². The molecule has 1 nitrogen and oxygen atoms in total. The number of hydrogen-bond acceptors (Lipinski definition) is 1. The van der Waals surface area contributed by atoms with Crippen molar-refractivity contribution in [3.63, 3.8) is 0 Å². The van der Waals surface area contributed by atoms with Gasteiger partial charge in [0.25, 0.3) is 0 Å². The van der Waals surface area contributed by atoms with Crippen LogP contribution in [0.25, 0.3) is 0 Å². The Morgan fingerprint density at radius 2 is 1.64 bits per heavy atom. The summed E-state index contributed by atoms with van der Waals surface area (Å²) in [4.78, 5) is 0.